The van der Waals surface area contributed by atoms with E-state index in [4.69, 9.17) is 0 Å². The molecule has 0 atom stereocenters. The maximum atomic E-state index is 10.3. The van der Waals surface area contributed by atoms with E-state index in [9.17, 15) is 5.11 Å². The van der Waals surface area contributed by atoms with Crippen LogP contribution in [0.3, 0.4) is 0 Å². The number of aryl methyl sites for hydroxylation is 1. The maximum Gasteiger partial charge on any atom is 0.0838 e. The van der Waals surface area contributed by atoms with Gasteiger partial charge in [0.1, 0.15) is 0 Å². The quantitative estimate of drug-likeness (QED) is 0.709. The number of hydrogen-bond donors (Lipinski definition) is 1. The largest absolute Gasteiger partial charge is 0.388 e. The van der Waals surface area contributed by atoms with Crippen LogP contribution in [-0.2, 0) is 13.0 Å². The molecule has 1 aromatic rings. The Kier molecular flexibility index (Phi) is 5.62. The molecule has 0 radical (unpaired) electrons. The zero-order valence-corrected chi connectivity index (χ0v) is 11.3. The first-order chi connectivity index (χ1) is 8.15. The predicted molar refractivity (Wildman–Crippen MR) is 68.8 cm³/mol. The Balaban J connectivity index is 2.61. The van der Waals surface area contributed by atoms with Gasteiger partial charge in [-0.15, -0.1) is 5.10 Å². The summed E-state index contributed by atoms with van der Waals surface area (Å²) in [5.74, 6) is 0. The van der Waals surface area contributed by atoms with Crippen molar-refractivity contribution in [1.82, 2.24) is 15.0 Å². The number of hydrogen-bond acceptors (Lipinski definition) is 3. The van der Waals surface area contributed by atoms with Gasteiger partial charge in [-0.3, -0.25) is 0 Å². The zero-order valence-electron chi connectivity index (χ0n) is 11.3. The molecule has 0 aliphatic rings. The van der Waals surface area contributed by atoms with Crippen LogP contribution in [0.15, 0.2) is 6.20 Å². The van der Waals surface area contributed by atoms with Gasteiger partial charge in [-0.2, -0.15) is 0 Å². The number of nitrogens with zero attached hydrogens (tertiary/aromatic N) is 3. The normalized spacial score (nSPS) is 12.0. The molecule has 0 saturated heterocycles. The molecule has 1 heterocycles. The van der Waals surface area contributed by atoms with Crippen molar-refractivity contribution in [3.05, 3.63) is 11.9 Å². The van der Waals surface area contributed by atoms with E-state index in [1.54, 1.807) is 0 Å². The summed E-state index contributed by atoms with van der Waals surface area (Å²) in [7, 11) is 0. The molecule has 0 aliphatic carbocycles. The molecule has 1 N–H and O–H groups in total. The van der Waals surface area contributed by atoms with Crippen molar-refractivity contribution in [3.63, 3.8) is 0 Å². The van der Waals surface area contributed by atoms with Gasteiger partial charge in [0.05, 0.1) is 24.0 Å². The van der Waals surface area contributed by atoms with Crippen molar-refractivity contribution in [2.75, 3.05) is 0 Å². The van der Waals surface area contributed by atoms with Gasteiger partial charge in [-0.05, 0) is 25.7 Å². The lowest BCUT2D eigenvalue weighted by molar-refractivity contribution is 0.0106. The van der Waals surface area contributed by atoms with E-state index >= 15 is 0 Å². The van der Waals surface area contributed by atoms with Crippen LogP contribution in [0.2, 0.25) is 0 Å². The molecule has 0 saturated carbocycles. The van der Waals surface area contributed by atoms with E-state index in [1.807, 2.05) is 24.7 Å². The van der Waals surface area contributed by atoms with Crippen molar-refractivity contribution in [1.29, 1.82) is 0 Å². The molecule has 4 heteroatoms. The van der Waals surface area contributed by atoms with Gasteiger partial charge in [0.15, 0.2) is 0 Å². The SMILES string of the molecule is CCCCCc1cnnn1CC(O)(CC)CC. The van der Waals surface area contributed by atoms with Crippen LogP contribution in [0.25, 0.3) is 0 Å². The molecule has 0 unspecified atom stereocenters. The second-order valence-electron chi connectivity index (χ2n) is 4.77. The Morgan fingerprint density at radius 3 is 2.53 bits per heavy atom. The van der Waals surface area contributed by atoms with Crippen LogP contribution < -0.4 is 0 Å². The monoisotopic (exact) mass is 239 g/mol. The van der Waals surface area contributed by atoms with E-state index < -0.39 is 5.60 Å². The molecule has 4 nitrogen and oxygen atoms in total. The van der Waals surface area contributed by atoms with Crippen molar-refractivity contribution in [2.24, 2.45) is 0 Å². The van der Waals surface area contributed by atoms with Crippen LogP contribution in [0.5, 0.6) is 0 Å². The molecule has 0 fully saturated rings. The zero-order chi connectivity index (χ0) is 12.7. The molecule has 1 rings (SSSR count). The third-order valence-corrected chi connectivity index (χ3v) is 3.49. The third kappa shape index (κ3) is 4.11. The summed E-state index contributed by atoms with van der Waals surface area (Å²) in [5.41, 5.74) is 0.492. The fraction of sp³-hybridized carbons (Fsp3) is 0.846. The summed E-state index contributed by atoms with van der Waals surface area (Å²) in [6.45, 7) is 6.78. The Morgan fingerprint density at radius 1 is 1.24 bits per heavy atom. The first kappa shape index (κ1) is 14.2. The van der Waals surface area contributed by atoms with E-state index in [2.05, 4.69) is 17.2 Å². The van der Waals surface area contributed by atoms with Crippen LogP contribution in [0.4, 0.5) is 0 Å². The highest BCUT2D eigenvalue weighted by atomic mass is 16.3. The van der Waals surface area contributed by atoms with E-state index in [1.165, 1.54) is 19.3 Å². The van der Waals surface area contributed by atoms with Gasteiger partial charge in [0.2, 0.25) is 0 Å². The minimum Gasteiger partial charge on any atom is -0.388 e. The van der Waals surface area contributed by atoms with Crippen LogP contribution in [0, 0.1) is 0 Å². The number of aliphatic hydroxyl groups is 1. The average Bonchev–Trinajstić information content (AvgIpc) is 2.77. The van der Waals surface area contributed by atoms with Crippen LogP contribution >= 0.6 is 0 Å². The van der Waals surface area contributed by atoms with Crippen LogP contribution in [-0.4, -0.2) is 25.7 Å². The molecule has 17 heavy (non-hydrogen) atoms. The molecular formula is C13H25N3O. The van der Waals surface area contributed by atoms with E-state index in [0.29, 0.717) is 6.54 Å². The van der Waals surface area contributed by atoms with Crippen molar-refractivity contribution in [2.45, 2.75) is 71.4 Å². The van der Waals surface area contributed by atoms with Crippen LogP contribution in [0.1, 0.15) is 58.6 Å². The molecule has 0 amide bonds. The average molecular weight is 239 g/mol. The molecule has 1 aromatic heterocycles. The Morgan fingerprint density at radius 2 is 1.94 bits per heavy atom. The van der Waals surface area contributed by atoms with Crippen molar-refractivity contribution >= 4 is 0 Å². The topological polar surface area (TPSA) is 50.9 Å². The minimum absolute atomic E-state index is 0.557. The molecule has 0 spiro atoms. The van der Waals surface area contributed by atoms with E-state index in [-0.39, 0.29) is 0 Å². The highest BCUT2D eigenvalue weighted by Crippen LogP contribution is 2.18. The van der Waals surface area contributed by atoms with Gasteiger partial charge in [0.25, 0.3) is 0 Å². The maximum absolute atomic E-state index is 10.3. The lowest BCUT2D eigenvalue weighted by Gasteiger charge is -2.25. The summed E-state index contributed by atoms with van der Waals surface area (Å²) in [4.78, 5) is 0. The lowest BCUT2D eigenvalue weighted by atomic mass is 9.97. The fourth-order valence-corrected chi connectivity index (χ4v) is 1.91. The first-order valence-corrected chi connectivity index (χ1v) is 6.75. The third-order valence-electron chi connectivity index (χ3n) is 3.49. The minimum atomic E-state index is -0.646. The predicted octanol–water partition coefficient (Wildman–Crippen LogP) is 2.56. The Bertz CT molecular complexity index is 318. The molecule has 0 aliphatic heterocycles. The van der Waals surface area contributed by atoms with Crippen molar-refractivity contribution in [3.8, 4) is 0 Å². The van der Waals surface area contributed by atoms with Gasteiger partial charge in [0, 0.05) is 0 Å². The fourth-order valence-electron chi connectivity index (χ4n) is 1.91. The van der Waals surface area contributed by atoms with E-state index in [0.717, 1.165) is 25.0 Å². The van der Waals surface area contributed by atoms with Gasteiger partial charge < -0.3 is 5.11 Å². The summed E-state index contributed by atoms with van der Waals surface area (Å²) < 4.78 is 1.86. The summed E-state index contributed by atoms with van der Waals surface area (Å²) in [6.07, 6.45) is 7.94. The molecular weight excluding hydrogens is 214 g/mol. The summed E-state index contributed by atoms with van der Waals surface area (Å²) in [5, 5.41) is 18.3. The van der Waals surface area contributed by atoms with Gasteiger partial charge in [-0.25, -0.2) is 4.68 Å². The summed E-state index contributed by atoms with van der Waals surface area (Å²) >= 11 is 0. The van der Waals surface area contributed by atoms with Gasteiger partial charge >= 0.3 is 0 Å². The number of aromatic nitrogens is 3. The lowest BCUT2D eigenvalue weighted by Crippen LogP contribution is -2.33. The van der Waals surface area contributed by atoms with Crippen molar-refractivity contribution < 1.29 is 5.11 Å². The molecule has 0 bridgehead atoms. The second-order valence-corrected chi connectivity index (χ2v) is 4.77. The number of rotatable bonds is 8. The number of unbranched alkanes of at least 4 members (excludes halogenated alkanes) is 2. The Hall–Kier alpha value is -0.900. The summed E-state index contributed by atoms with van der Waals surface area (Å²) in [6, 6.07) is 0. The highest BCUT2D eigenvalue weighted by molar-refractivity contribution is 4.95. The molecule has 0 aromatic carbocycles. The highest BCUT2D eigenvalue weighted by Gasteiger charge is 2.24. The standard InChI is InChI=1S/C13H25N3O/c1-4-7-8-9-12-10-14-15-16(12)11-13(17,5-2)6-3/h10,17H,4-9,11H2,1-3H3. The Labute approximate surface area is 104 Å². The first-order valence-electron chi connectivity index (χ1n) is 6.75. The smallest absolute Gasteiger partial charge is 0.0838 e. The molecule has 98 valence electrons. The van der Waals surface area contributed by atoms with Gasteiger partial charge in [-0.1, -0.05) is 38.8 Å². The second kappa shape index (κ2) is 6.74.